The molecule has 0 radical (unpaired) electrons. The van der Waals surface area contributed by atoms with Gasteiger partial charge in [-0.25, -0.2) is 0 Å². The van der Waals surface area contributed by atoms with Crippen LogP contribution in [0.2, 0.25) is 0 Å². The summed E-state index contributed by atoms with van der Waals surface area (Å²) in [5.74, 6) is 1.25. The topological polar surface area (TPSA) is 44.1 Å². The van der Waals surface area contributed by atoms with Crippen molar-refractivity contribution < 1.29 is 4.79 Å². The predicted molar refractivity (Wildman–Crippen MR) is 90.9 cm³/mol. The van der Waals surface area contributed by atoms with Crippen LogP contribution in [-0.4, -0.2) is 23.9 Å². The van der Waals surface area contributed by atoms with Crippen molar-refractivity contribution in [1.29, 1.82) is 5.26 Å². The average molecular weight is 310 g/mol. The fourth-order valence-electron chi connectivity index (χ4n) is 4.18. The van der Waals surface area contributed by atoms with Crippen molar-refractivity contribution >= 4 is 5.91 Å². The molecule has 2 fully saturated rings. The maximum absolute atomic E-state index is 12.7. The van der Waals surface area contributed by atoms with E-state index in [0.717, 1.165) is 25.9 Å². The van der Waals surface area contributed by atoms with Gasteiger partial charge in [0.2, 0.25) is 5.91 Å². The Morgan fingerprint density at radius 1 is 1.09 bits per heavy atom. The highest BCUT2D eigenvalue weighted by Crippen LogP contribution is 2.38. The number of carbonyl (C=O) groups excluding carboxylic acids is 1. The molecule has 0 aromatic heterocycles. The van der Waals surface area contributed by atoms with Gasteiger partial charge in [0.15, 0.2) is 0 Å². The average Bonchev–Trinajstić information content (AvgIpc) is 3.15. The molecule has 122 valence electrons. The fraction of sp³-hybridized carbons (Fsp3) is 0.600. The van der Waals surface area contributed by atoms with Gasteiger partial charge in [0.1, 0.15) is 0 Å². The molecule has 0 N–H and O–H groups in total. The molecule has 1 unspecified atom stereocenters. The van der Waals surface area contributed by atoms with Gasteiger partial charge < -0.3 is 4.90 Å². The molecule has 0 bridgehead atoms. The van der Waals surface area contributed by atoms with Crippen LogP contribution in [0.4, 0.5) is 0 Å². The molecule has 3 nitrogen and oxygen atoms in total. The van der Waals surface area contributed by atoms with E-state index in [1.165, 1.54) is 37.7 Å². The van der Waals surface area contributed by atoms with E-state index in [0.29, 0.717) is 29.7 Å². The predicted octanol–water partition coefficient (Wildman–Crippen LogP) is 4.23. The highest BCUT2D eigenvalue weighted by atomic mass is 16.2. The molecule has 23 heavy (non-hydrogen) atoms. The first-order valence-corrected chi connectivity index (χ1v) is 9.06. The minimum Gasteiger partial charge on any atom is -0.343 e. The molecule has 3 rings (SSSR count). The van der Waals surface area contributed by atoms with Crippen LogP contribution in [0.15, 0.2) is 24.3 Å². The molecular formula is C20H26N2O. The molecule has 1 aromatic rings. The molecule has 3 heteroatoms. The molecule has 0 spiro atoms. The van der Waals surface area contributed by atoms with E-state index < -0.39 is 0 Å². The van der Waals surface area contributed by atoms with Gasteiger partial charge >= 0.3 is 0 Å². The number of rotatable bonds is 4. The first-order chi connectivity index (χ1) is 11.3. The minimum absolute atomic E-state index is 0.316. The Labute approximate surface area is 139 Å². The Bertz CT molecular complexity index is 560. The van der Waals surface area contributed by atoms with Gasteiger partial charge in [0, 0.05) is 19.5 Å². The zero-order valence-electron chi connectivity index (χ0n) is 13.8. The summed E-state index contributed by atoms with van der Waals surface area (Å²) in [7, 11) is 0. The van der Waals surface area contributed by atoms with Gasteiger partial charge in [-0.1, -0.05) is 31.4 Å². The van der Waals surface area contributed by atoms with E-state index in [1.54, 1.807) is 0 Å². The molecule has 1 atom stereocenters. The Morgan fingerprint density at radius 3 is 2.35 bits per heavy atom. The van der Waals surface area contributed by atoms with Crippen LogP contribution in [0.3, 0.4) is 0 Å². The number of benzene rings is 1. The molecule has 1 amide bonds. The van der Waals surface area contributed by atoms with E-state index in [9.17, 15) is 4.79 Å². The van der Waals surface area contributed by atoms with Gasteiger partial charge in [-0.05, 0) is 55.2 Å². The minimum atomic E-state index is 0.316. The number of hydrogen-bond acceptors (Lipinski definition) is 2. The summed E-state index contributed by atoms with van der Waals surface area (Å²) in [6.07, 6.45) is 9.31. The molecule has 1 heterocycles. The lowest BCUT2D eigenvalue weighted by atomic mass is 9.75. The number of likely N-dealkylation sites (tertiary alicyclic amines) is 1. The summed E-state index contributed by atoms with van der Waals surface area (Å²) in [5, 5.41) is 8.99. The fourth-order valence-corrected chi connectivity index (χ4v) is 4.18. The Balaban J connectivity index is 1.77. The summed E-state index contributed by atoms with van der Waals surface area (Å²) in [5.41, 5.74) is 1.94. The van der Waals surface area contributed by atoms with Crippen molar-refractivity contribution in [2.24, 2.45) is 5.92 Å². The first-order valence-electron chi connectivity index (χ1n) is 9.06. The van der Waals surface area contributed by atoms with Crippen molar-refractivity contribution in [1.82, 2.24) is 4.90 Å². The molecule has 1 aromatic carbocycles. The summed E-state index contributed by atoms with van der Waals surface area (Å²) < 4.78 is 0. The van der Waals surface area contributed by atoms with Crippen LogP contribution in [-0.2, 0) is 4.79 Å². The maximum Gasteiger partial charge on any atom is 0.223 e. The van der Waals surface area contributed by atoms with Crippen molar-refractivity contribution in [2.45, 2.75) is 57.3 Å². The first kappa shape index (κ1) is 16.1. The SMILES string of the molecule is N#Cc1ccc(C(CC(=O)N2CCCC2)C2CCCCC2)cc1. The zero-order valence-corrected chi connectivity index (χ0v) is 13.8. The lowest BCUT2D eigenvalue weighted by molar-refractivity contribution is -0.130. The largest absolute Gasteiger partial charge is 0.343 e. The highest BCUT2D eigenvalue weighted by molar-refractivity contribution is 5.77. The maximum atomic E-state index is 12.7. The highest BCUT2D eigenvalue weighted by Gasteiger charge is 2.29. The summed E-state index contributed by atoms with van der Waals surface area (Å²) in [6, 6.07) is 10.1. The quantitative estimate of drug-likeness (QED) is 0.835. The second-order valence-electron chi connectivity index (χ2n) is 7.03. The van der Waals surface area contributed by atoms with E-state index >= 15 is 0 Å². The number of nitrogens with zero attached hydrogens (tertiary/aromatic N) is 2. The third kappa shape index (κ3) is 3.93. The van der Waals surface area contributed by atoms with Gasteiger partial charge in [-0.3, -0.25) is 4.79 Å². The number of hydrogen-bond donors (Lipinski definition) is 0. The second-order valence-corrected chi connectivity index (χ2v) is 7.03. The van der Waals surface area contributed by atoms with Crippen LogP contribution in [0, 0.1) is 17.2 Å². The molecule has 1 aliphatic heterocycles. The van der Waals surface area contributed by atoms with E-state index in [2.05, 4.69) is 18.2 Å². The van der Waals surface area contributed by atoms with Crippen LogP contribution < -0.4 is 0 Å². The van der Waals surface area contributed by atoms with Gasteiger partial charge in [-0.2, -0.15) is 5.26 Å². The Hall–Kier alpha value is -1.82. The number of nitriles is 1. The van der Waals surface area contributed by atoms with E-state index in [-0.39, 0.29) is 0 Å². The number of amides is 1. The van der Waals surface area contributed by atoms with Crippen molar-refractivity contribution in [3.05, 3.63) is 35.4 Å². The molecule has 1 aliphatic carbocycles. The second kappa shape index (κ2) is 7.64. The molecule has 1 saturated carbocycles. The van der Waals surface area contributed by atoms with Gasteiger partial charge in [0.05, 0.1) is 11.6 Å². The summed E-state index contributed by atoms with van der Waals surface area (Å²) >= 11 is 0. The number of carbonyl (C=O) groups is 1. The third-order valence-corrected chi connectivity index (χ3v) is 5.54. The Kier molecular flexibility index (Phi) is 5.33. The van der Waals surface area contributed by atoms with Gasteiger partial charge in [-0.15, -0.1) is 0 Å². The monoisotopic (exact) mass is 310 g/mol. The molecule has 1 saturated heterocycles. The smallest absolute Gasteiger partial charge is 0.223 e. The van der Waals surface area contributed by atoms with Crippen molar-refractivity contribution in [3.63, 3.8) is 0 Å². The standard InChI is InChI=1S/C20H26N2O/c21-15-16-8-10-18(11-9-16)19(17-6-2-1-3-7-17)14-20(23)22-12-4-5-13-22/h8-11,17,19H,1-7,12-14H2. The third-order valence-electron chi connectivity index (χ3n) is 5.54. The Morgan fingerprint density at radius 2 is 1.74 bits per heavy atom. The van der Waals surface area contributed by atoms with Crippen LogP contribution >= 0.6 is 0 Å². The summed E-state index contributed by atoms with van der Waals surface area (Å²) in [6.45, 7) is 1.87. The van der Waals surface area contributed by atoms with E-state index in [4.69, 9.17) is 5.26 Å². The van der Waals surface area contributed by atoms with Crippen LogP contribution in [0.25, 0.3) is 0 Å². The zero-order chi connectivity index (χ0) is 16.1. The molecule has 2 aliphatic rings. The van der Waals surface area contributed by atoms with Gasteiger partial charge in [0.25, 0.3) is 0 Å². The lowest BCUT2D eigenvalue weighted by Crippen LogP contribution is -2.31. The van der Waals surface area contributed by atoms with Crippen molar-refractivity contribution in [3.8, 4) is 6.07 Å². The normalized spacial score (nSPS) is 20.2. The summed E-state index contributed by atoms with van der Waals surface area (Å²) in [4.78, 5) is 14.7. The van der Waals surface area contributed by atoms with Crippen LogP contribution in [0.5, 0.6) is 0 Å². The lowest BCUT2D eigenvalue weighted by Gasteiger charge is -2.31. The molecular weight excluding hydrogens is 284 g/mol. The van der Waals surface area contributed by atoms with Crippen molar-refractivity contribution in [2.75, 3.05) is 13.1 Å². The van der Waals surface area contributed by atoms with E-state index in [1.807, 2.05) is 17.0 Å². The van der Waals surface area contributed by atoms with Crippen LogP contribution in [0.1, 0.15) is 68.4 Å².